The van der Waals surface area contributed by atoms with Crippen LogP contribution in [0.2, 0.25) is 0 Å². The minimum absolute atomic E-state index is 0.593. The van der Waals surface area contributed by atoms with Gasteiger partial charge >= 0.3 is 0 Å². The fourth-order valence-corrected chi connectivity index (χ4v) is 0.294. The summed E-state index contributed by atoms with van der Waals surface area (Å²) < 4.78 is 0. The van der Waals surface area contributed by atoms with Gasteiger partial charge in [0.15, 0.2) is 0 Å². The molecular formula is C5H12N2O. The van der Waals surface area contributed by atoms with Gasteiger partial charge in [-0.05, 0) is 6.58 Å². The van der Waals surface area contributed by atoms with Gasteiger partial charge < -0.3 is 10.2 Å². The first-order valence-corrected chi connectivity index (χ1v) is 2.72. The maximum Gasteiger partial charge on any atom is 0.205 e. The normalized spacial score (nSPS) is 15.5. The Bertz CT molecular complexity index is 64.8. The largest absolute Gasteiger partial charge is 0.390 e. The van der Waals surface area contributed by atoms with Crippen LogP contribution in [0.4, 0.5) is 0 Å². The van der Waals surface area contributed by atoms with Gasteiger partial charge in [-0.25, -0.2) is 0 Å². The van der Waals surface area contributed by atoms with Crippen LogP contribution in [-0.4, -0.2) is 6.67 Å². The molecule has 0 unspecified atom stereocenters. The molecule has 0 amide bonds. The summed E-state index contributed by atoms with van der Waals surface area (Å²) in [6.07, 6.45) is 0. The Labute approximate surface area is 49.7 Å². The van der Waals surface area contributed by atoms with E-state index >= 15 is 0 Å². The fourth-order valence-electron chi connectivity index (χ4n) is 0.294. The summed E-state index contributed by atoms with van der Waals surface area (Å²) in [5.74, 6) is 0.593. The second-order valence-corrected chi connectivity index (χ2v) is 1.02. The second-order valence-electron chi connectivity index (χ2n) is 1.02. The van der Waals surface area contributed by atoms with Gasteiger partial charge in [-0.15, -0.1) is 5.48 Å². The Morgan fingerprint density at radius 1 is 1.62 bits per heavy atom. The lowest BCUT2D eigenvalue weighted by molar-refractivity contribution is 0.156. The lowest BCUT2D eigenvalue weighted by Gasteiger charge is -1.86. The quantitative estimate of drug-likeness (QED) is 0.485. The zero-order valence-corrected chi connectivity index (χ0v) is 5.32. The first kappa shape index (κ1) is 7.30. The third kappa shape index (κ3) is 2.47. The van der Waals surface area contributed by atoms with Crippen molar-refractivity contribution in [2.75, 3.05) is 6.67 Å². The molecule has 0 radical (unpaired) electrons. The average molecular weight is 116 g/mol. The monoisotopic (exact) mass is 116 g/mol. The van der Waals surface area contributed by atoms with Crippen LogP contribution < -0.4 is 10.8 Å². The van der Waals surface area contributed by atoms with E-state index in [1.165, 1.54) is 0 Å². The summed E-state index contributed by atoms with van der Waals surface area (Å²) in [4.78, 5) is 4.60. The van der Waals surface area contributed by atoms with Gasteiger partial charge in [0, 0.05) is 0 Å². The van der Waals surface area contributed by atoms with Gasteiger partial charge in [-0.3, -0.25) is 0 Å². The molecule has 1 aliphatic rings. The van der Waals surface area contributed by atoms with Crippen LogP contribution in [0.5, 0.6) is 0 Å². The molecule has 1 heterocycles. The van der Waals surface area contributed by atoms with Gasteiger partial charge in [0.25, 0.3) is 0 Å². The second kappa shape index (κ2) is 4.46. The predicted molar refractivity (Wildman–Crippen MR) is 32.7 cm³/mol. The highest BCUT2D eigenvalue weighted by Gasteiger charge is 1.97. The standard InChI is InChI=1S/C3H6N2O.C2H6/c1-3-4-2-5-6-3;1-2/h4-5H,1-2H2;1-2H3. The summed E-state index contributed by atoms with van der Waals surface area (Å²) >= 11 is 0. The van der Waals surface area contributed by atoms with E-state index in [0.717, 1.165) is 0 Å². The van der Waals surface area contributed by atoms with Crippen LogP contribution >= 0.6 is 0 Å². The van der Waals surface area contributed by atoms with Crippen molar-refractivity contribution in [1.29, 1.82) is 0 Å². The van der Waals surface area contributed by atoms with Crippen molar-refractivity contribution in [3.8, 4) is 0 Å². The van der Waals surface area contributed by atoms with Crippen molar-refractivity contribution < 1.29 is 4.84 Å². The van der Waals surface area contributed by atoms with E-state index in [9.17, 15) is 0 Å². The Morgan fingerprint density at radius 2 is 2.25 bits per heavy atom. The first-order chi connectivity index (χ1) is 3.89. The molecule has 3 heteroatoms. The number of rotatable bonds is 0. The maximum absolute atomic E-state index is 4.60. The number of hydrogen-bond acceptors (Lipinski definition) is 3. The van der Waals surface area contributed by atoms with Crippen LogP contribution in [-0.2, 0) is 4.84 Å². The molecule has 1 fully saturated rings. The molecule has 8 heavy (non-hydrogen) atoms. The van der Waals surface area contributed by atoms with Crippen molar-refractivity contribution in [1.82, 2.24) is 10.8 Å². The van der Waals surface area contributed by atoms with E-state index < -0.39 is 0 Å². The summed E-state index contributed by atoms with van der Waals surface area (Å²) in [5.41, 5.74) is 2.56. The van der Waals surface area contributed by atoms with E-state index in [2.05, 4.69) is 22.2 Å². The minimum atomic E-state index is 0.593. The Balaban J connectivity index is 0.000000222. The Hall–Kier alpha value is -0.700. The Kier molecular flexibility index (Phi) is 4.07. The summed E-state index contributed by atoms with van der Waals surface area (Å²) in [6, 6.07) is 0. The third-order valence-electron chi connectivity index (χ3n) is 0.553. The van der Waals surface area contributed by atoms with E-state index in [1.54, 1.807) is 0 Å². The zero-order valence-electron chi connectivity index (χ0n) is 5.32. The van der Waals surface area contributed by atoms with Crippen molar-refractivity contribution >= 4 is 0 Å². The highest BCUT2D eigenvalue weighted by molar-refractivity contribution is 4.79. The molecule has 0 aromatic carbocycles. The third-order valence-corrected chi connectivity index (χ3v) is 0.553. The lowest BCUT2D eigenvalue weighted by atomic mass is 10.9. The molecule has 0 aliphatic carbocycles. The van der Waals surface area contributed by atoms with Crippen LogP contribution in [0.1, 0.15) is 13.8 Å². The number of nitrogens with one attached hydrogen (secondary N) is 2. The highest BCUT2D eigenvalue weighted by atomic mass is 16.7. The summed E-state index contributed by atoms with van der Waals surface area (Å²) in [5, 5.41) is 2.79. The molecule has 0 atom stereocenters. The molecule has 0 aromatic heterocycles. The van der Waals surface area contributed by atoms with Gasteiger partial charge in [0.05, 0.1) is 0 Å². The number of hydroxylamine groups is 1. The minimum Gasteiger partial charge on any atom is -0.390 e. The van der Waals surface area contributed by atoms with E-state index in [4.69, 9.17) is 0 Å². The van der Waals surface area contributed by atoms with Crippen molar-refractivity contribution in [3.63, 3.8) is 0 Å². The van der Waals surface area contributed by atoms with Gasteiger partial charge in [0.2, 0.25) is 5.88 Å². The van der Waals surface area contributed by atoms with Crippen LogP contribution in [0.3, 0.4) is 0 Å². The molecule has 1 aliphatic heterocycles. The lowest BCUT2D eigenvalue weighted by Crippen LogP contribution is -2.10. The van der Waals surface area contributed by atoms with Gasteiger partial charge in [-0.2, -0.15) is 0 Å². The summed E-state index contributed by atoms with van der Waals surface area (Å²) in [6.45, 7) is 8.12. The van der Waals surface area contributed by atoms with Crippen molar-refractivity contribution in [3.05, 3.63) is 12.5 Å². The molecule has 2 N–H and O–H groups in total. The highest BCUT2D eigenvalue weighted by Crippen LogP contribution is 1.85. The molecule has 48 valence electrons. The Morgan fingerprint density at radius 3 is 2.38 bits per heavy atom. The SMILES string of the molecule is C=C1NCNO1.CC. The molecule has 0 bridgehead atoms. The van der Waals surface area contributed by atoms with Crippen LogP contribution in [0.15, 0.2) is 12.5 Å². The molecule has 3 nitrogen and oxygen atoms in total. The molecule has 1 rings (SSSR count). The van der Waals surface area contributed by atoms with Crippen LogP contribution in [0.25, 0.3) is 0 Å². The molecular weight excluding hydrogens is 104 g/mol. The molecule has 0 spiro atoms. The van der Waals surface area contributed by atoms with E-state index in [-0.39, 0.29) is 0 Å². The van der Waals surface area contributed by atoms with Crippen molar-refractivity contribution in [2.45, 2.75) is 13.8 Å². The maximum atomic E-state index is 4.60. The molecule has 1 saturated heterocycles. The van der Waals surface area contributed by atoms with E-state index in [0.29, 0.717) is 12.6 Å². The van der Waals surface area contributed by atoms with Gasteiger partial charge in [-0.1, -0.05) is 13.8 Å². The van der Waals surface area contributed by atoms with Gasteiger partial charge in [0.1, 0.15) is 6.67 Å². The zero-order chi connectivity index (χ0) is 6.41. The molecule has 0 saturated carbocycles. The fraction of sp³-hybridized carbons (Fsp3) is 0.600. The predicted octanol–water partition coefficient (Wildman–Crippen LogP) is 0.566. The molecule has 0 aromatic rings. The average Bonchev–Trinajstić information content (AvgIpc) is 2.24. The first-order valence-electron chi connectivity index (χ1n) is 2.72. The number of hydrogen-bond donors (Lipinski definition) is 2. The summed E-state index contributed by atoms with van der Waals surface area (Å²) in [7, 11) is 0. The van der Waals surface area contributed by atoms with E-state index in [1.807, 2.05) is 13.8 Å². The van der Waals surface area contributed by atoms with Crippen molar-refractivity contribution in [2.24, 2.45) is 0 Å². The smallest absolute Gasteiger partial charge is 0.205 e. The van der Waals surface area contributed by atoms with Crippen LogP contribution in [0, 0.1) is 0 Å². The topological polar surface area (TPSA) is 33.3 Å².